The molecular weight excluding hydrogens is 274 g/mol. The summed E-state index contributed by atoms with van der Waals surface area (Å²) in [5.74, 6) is -1.45. The highest BCUT2D eigenvalue weighted by molar-refractivity contribution is 5.94. The summed E-state index contributed by atoms with van der Waals surface area (Å²) in [6.45, 7) is 5.68. The van der Waals surface area contributed by atoms with Crippen LogP contribution in [0, 0.1) is 11.7 Å². The summed E-state index contributed by atoms with van der Waals surface area (Å²) in [4.78, 5) is 11.8. The molecule has 0 aliphatic carbocycles. The van der Waals surface area contributed by atoms with Gasteiger partial charge in [-0.2, -0.15) is 13.2 Å². The Morgan fingerprint density at radius 3 is 2.30 bits per heavy atom. The van der Waals surface area contributed by atoms with Crippen molar-refractivity contribution >= 4 is 5.91 Å². The van der Waals surface area contributed by atoms with Gasteiger partial charge in [-0.15, -0.1) is 0 Å². The molecule has 1 aromatic carbocycles. The Kier molecular flexibility index (Phi) is 5.14. The van der Waals surface area contributed by atoms with Crippen LogP contribution in [0.5, 0.6) is 0 Å². The molecule has 0 fully saturated rings. The van der Waals surface area contributed by atoms with Gasteiger partial charge in [-0.25, -0.2) is 4.39 Å². The maximum Gasteiger partial charge on any atom is 0.416 e. The molecule has 20 heavy (non-hydrogen) atoms. The maximum atomic E-state index is 13.2. The van der Waals surface area contributed by atoms with Crippen molar-refractivity contribution in [2.45, 2.75) is 39.4 Å². The molecule has 0 radical (unpaired) electrons. The van der Waals surface area contributed by atoms with E-state index in [9.17, 15) is 22.4 Å². The minimum atomic E-state index is -4.68. The Morgan fingerprint density at radius 1 is 1.20 bits per heavy atom. The second-order valence-electron chi connectivity index (χ2n) is 5.23. The molecule has 0 saturated carbocycles. The largest absolute Gasteiger partial charge is 0.416 e. The Bertz CT molecular complexity index is 483. The van der Waals surface area contributed by atoms with E-state index in [2.05, 4.69) is 5.32 Å². The number of hydrogen-bond acceptors (Lipinski definition) is 1. The van der Waals surface area contributed by atoms with E-state index in [4.69, 9.17) is 0 Å². The molecule has 1 aromatic rings. The topological polar surface area (TPSA) is 29.1 Å². The van der Waals surface area contributed by atoms with Crippen molar-refractivity contribution in [1.82, 2.24) is 5.32 Å². The van der Waals surface area contributed by atoms with Gasteiger partial charge in [0.25, 0.3) is 5.91 Å². The van der Waals surface area contributed by atoms with E-state index in [0.717, 1.165) is 6.07 Å². The van der Waals surface area contributed by atoms with E-state index in [0.29, 0.717) is 24.5 Å². The first kappa shape index (κ1) is 16.5. The average molecular weight is 291 g/mol. The van der Waals surface area contributed by atoms with Crippen LogP contribution in [0.2, 0.25) is 0 Å². The smallest absolute Gasteiger partial charge is 0.350 e. The van der Waals surface area contributed by atoms with E-state index >= 15 is 0 Å². The van der Waals surface area contributed by atoms with E-state index in [1.165, 1.54) is 0 Å². The summed E-state index contributed by atoms with van der Waals surface area (Å²) < 4.78 is 50.8. The molecule has 1 rings (SSSR count). The third-order valence-corrected chi connectivity index (χ3v) is 2.69. The summed E-state index contributed by atoms with van der Waals surface area (Å²) in [6, 6.07) is 1.63. The Labute approximate surface area is 115 Å². The summed E-state index contributed by atoms with van der Waals surface area (Å²) >= 11 is 0. The average Bonchev–Trinajstić information content (AvgIpc) is 2.25. The predicted molar refractivity (Wildman–Crippen MR) is 67.8 cm³/mol. The lowest BCUT2D eigenvalue weighted by Gasteiger charge is -2.16. The molecule has 0 bridgehead atoms. The predicted octanol–water partition coefficient (Wildman–Crippen LogP) is 4.01. The maximum absolute atomic E-state index is 13.2. The van der Waals surface area contributed by atoms with Crippen LogP contribution in [0.25, 0.3) is 0 Å². The Balaban J connectivity index is 2.91. The number of benzene rings is 1. The molecule has 0 aromatic heterocycles. The standard InChI is InChI=1S/C14H17F4NO/c1-8(2)4-9(3)19-13(20)10-5-11(14(16,17)18)7-12(15)6-10/h5-9H,4H2,1-3H3,(H,19,20)/t9-/m0/s1. The molecule has 112 valence electrons. The molecule has 0 saturated heterocycles. The zero-order valence-electron chi connectivity index (χ0n) is 11.5. The van der Waals surface area contributed by atoms with Crippen molar-refractivity contribution in [2.75, 3.05) is 0 Å². The van der Waals surface area contributed by atoms with Gasteiger partial charge in [-0.1, -0.05) is 13.8 Å². The van der Waals surface area contributed by atoms with Crippen LogP contribution in [0.15, 0.2) is 18.2 Å². The third kappa shape index (κ3) is 4.83. The second kappa shape index (κ2) is 6.24. The summed E-state index contributed by atoms with van der Waals surface area (Å²) in [6.07, 6.45) is -3.99. The van der Waals surface area contributed by atoms with Gasteiger partial charge in [0.2, 0.25) is 0 Å². The van der Waals surface area contributed by atoms with Crippen molar-refractivity contribution in [3.8, 4) is 0 Å². The fourth-order valence-corrected chi connectivity index (χ4v) is 1.96. The van der Waals surface area contributed by atoms with Crippen molar-refractivity contribution in [3.63, 3.8) is 0 Å². The normalized spacial score (nSPS) is 13.4. The summed E-state index contributed by atoms with van der Waals surface area (Å²) in [7, 11) is 0. The quantitative estimate of drug-likeness (QED) is 0.834. The van der Waals surface area contributed by atoms with Crippen molar-refractivity contribution in [1.29, 1.82) is 0 Å². The van der Waals surface area contributed by atoms with Crippen molar-refractivity contribution in [3.05, 3.63) is 35.1 Å². The van der Waals surface area contributed by atoms with Gasteiger partial charge in [-0.3, -0.25) is 4.79 Å². The molecule has 0 heterocycles. The molecule has 1 amide bonds. The van der Waals surface area contributed by atoms with E-state index < -0.39 is 23.5 Å². The fraction of sp³-hybridized carbons (Fsp3) is 0.500. The first-order valence-electron chi connectivity index (χ1n) is 6.28. The molecule has 1 atom stereocenters. The fourth-order valence-electron chi connectivity index (χ4n) is 1.96. The van der Waals surface area contributed by atoms with Gasteiger partial charge >= 0.3 is 6.18 Å². The van der Waals surface area contributed by atoms with Crippen molar-refractivity contribution < 1.29 is 22.4 Å². The number of alkyl halides is 3. The second-order valence-corrected chi connectivity index (χ2v) is 5.23. The molecular formula is C14H17F4NO. The SMILES string of the molecule is CC(C)C[C@H](C)NC(=O)c1cc(F)cc(C(F)(F)F)c1. The Morgan fingerprint density at radius 2 is 1.80 bits per heavy atom. The molecule has 1 N–H and O–H groups in total. The summed E-state index contributed by atoms with van der Waals surface area (Å²) in [5, 5.41) is 2.56. The summed E-state index contributed by atoms with van der Waals surface area (Å²) in [5.41, 5.74) is -1.49. The van der Waals surface area contributed by atoms with Gasteiger partial charge in [0.1, 0.15) is 5.82 Å². The number of carbonyl (C=O) groups is 1. The van der Waals surface area contributed by atoms with Gasteiger partial charge in [0.15, 0.2) is 0 Å². The first-order valence-corrected chi connectivity index (χ1v) is 6.28. The number of halogens is 4. The van der Waals surface area contributed by atoms with E-state index in [1.807, 2.05) is 13.8 Å². The highest BCUT2D eigenvalue weighted by Gasteiger charge is 2.32. The molecule has 0 aliphatic heterocycles. The monoisotopic (exact) mass is 291 g/mol. The minimum absolute atomic E-state index is 0.194. The molecule has 2 nitrogen and oxygen atoms in total. The first-order chi connectivity index (χ1) is 9.09. The lowest BCUT2D eigenvalue weighted by Crippen LogP contribution is -2.33. The lowest BCUT2D eigenvalue weighted by atomic mass is 10.0. The van der Waals surface area contributed by atoms with Crippen LogP contribution in [-0.2, 0) is 6.18 Å². The zero-order chi connectivity index (χ0) is 15.5. The van der Waals surface area contributed by atoms with Crippen LogP contribution in [-0.4, -0.2) is 11.9 Å². The lowest BCUT2D eigenvalue weighted by molar-refractivity contribution is -0.137. The van der Waals surface area contributed by atoms with Crippen LogP contribution in [0.4, 0.5) is 17.6 Å². The number of rotatable bonds is 4. The zero-order valence-corrected chi connectivity index (χ0v) is 11.5. The van der Waals surface area contributed by atoms with Gasteiger partial charge < -0.3 is 5.32 Å². The van der Waals surface area contributed by atoms with E-state index in [-0.39, 0.29) is 11.6 Å². The van der Waals surface area contributed by atoms with Gasteiger partial charge in [-0.05, 0) is 37.5 Å². The van der Waals surface area contributed by atoms with Crippen molar-refractivity contribution in [2.24, 2.45) is 5.92 Å². The highest BCUT2D eigenvalue weighted by Crippen LogP contribution is 2.30. The highest BCUT2D eigenvalue weighted by atomic mass is 19.4. The number of amides is 1. The number of hydrogen-bond donors (Lipinski definition) is 1. The van der Waals surface area contributed by atoms with Crippen LogP contribution in [0.1, 0.15) is 43.1 Å². The molecule has 0 aliphatic rings. The molecule has 0 unspecified atom stereocenters. The number of nitrogens with one attached hydrogen (secondary N) is 1. The van der Waals surface area contributed by atoms with Crippen LogP contribution >= 0.6 is 0 Å². The molecule has 0 spiro atoms. The molecule has 6 heteroatoms. The number of carbonyl (C=O) groups excluding carboxylic acids is 1. The minimum Gasteiger partial charge on any atom is -0.350 e. The van der Waals surface area contributed by atoms with E-state index in [1.54, 1.807) is 6.92 Å². The van der Waals surface area contributed by atoms with Gasteiger partial charge in [0, 0.05) is 11.6 Å². The van der Waals surface area contributed by atoms with Crippen LogP contribution in [0.3, 0.4) is 0 Å². The van der Waals surface area contributed by atoms with Gasteiger partial charge in [0.05, 0.1) is 5.56 Å². The third-order valence-electron chi connectivity index (χ3n) is 2.69. The Hall–Kier alpha value is -1.59. The van der Waals surface area contributed by atoms with Crippen LogP contribution < -0.4 is 5.32 Å².